The van der Waals surface area contributed by atoms with Crippen molar-refractivity contribution in [2.45, 2.75) is 64.8 Å². The van der Waals surface area contributed by atoms with E-state index in [1.807, 2.05) is 12.1 Å². The zero-order chi connectivity index (χ0) is 19.9. The van der Waals surface area contributed by atoms with Gasteiger partial charge in [-0.2, -0.15) is 0 Å². The van der Waals surface area contributed by atoms with Crippen LogP contribution in [0.2, 0.25) is 0 Å². The molecule has 0 saturated heterocycles. The molecular weight excluding hydrogens is 334 g/mol. The lowest BCUT2D eigenvalue weighted by Crippen LogP contribution is -2.14. The number of nitrogens with two attached hydrogens (primary N) is 1. The van der Waals surface area contributed by atoms with Gasteiger partial charge >= 0.3 is 0 Å². The standard InChI is InChI=1S/C14H10O2.C10H23N/c15-13(11-7-3-1-4-8-11)14(16)12-9-5-2-6-10-12;1-3-4-5-6-7-8-9-10(2)11/h1-10H;10H,3-9,11H2,1-2H3. The van der Waals surface area contributed by atoms with Crippen molar-refractivity contribution in [2.75, 3.05) is 0 Å². The van der Waals surface area contributed by atoms with E-state index in [-0.39, 0.29) is 0 Å². The average molecular weight is 368 g/mol. The highest BCUT2D eigenvalue weighted by atomic mass is 16.2. The second-order valence-electron chi connectivity index (χ2n) is 6.92. The van der Waals surface area contributed by atoms with Crippen LogP contribution in [-0.4, -0.2) is 17.6 Å². The number of ketones is 2. The zero-order valence-corrected chi connectivity index (χ0v) is 16.7. The minimum Gasteiger partial charge on any atom is -0.328 e. The molecule has 0 amide bonds. The van der Waals surface area contributed by atoms with Crippen molar-refractivity contribution < 1.29 is 9.59 Å². The molecule has 0 aliphatic heterocycles. The van der Waals surface area contributed by atoms with Crippen molar-refractivity contribution in [2.24, 2.45) is 5.73 Å². The predicted molar refractivity (Wildman–Crippen MR) is 113 cm³/mol. The van der Waals surface area contributed by atoms with Gasteiger partial charge in [-0.1, -0.05) is 106 Å². The van der Waals surface area contributed by atoms with E-state index in [2.05, 4.69) is 13.8 Å². The fourth-order valence-electron chi connectivity index (χ4n) is 2.69. The van der Waals surface area contributed by atoms with Crippen LogP contribution < -0.4 is 5.73 Å². The van der Waals surface area contributed by atoms with Gasteiger partial charge < -0.3 is 5.73 Å². The molecule has 0 saturated carbocycles. The van der Waals surface area contributed by atoms with Crippen LogP contribution in [0, 0.1) is 0 Å². The number of hydrogen-bond acceptors (Lipinski definition) is 3. The molecule has 3 heteroatoms. The smallest absolute Gasteiger partial charge is 0.233 e. The molecule has 0 bridgehead atoms. The summed E-state index contributed by atoms with van der Waals surface area (Å²) in [6, 6.07) is 17.6. The van der Waals surface area contributed by atoms with Gasteiger partial charge in [-0.15, -0.1) is 0 Å². The van der Waals surface area contributed by atoms with Gasteiger partial charge in [-0.3, -0.25) is 9.59 Å². The van der Waals surface area contributed by atoms with E-state index in [4.69, 9.17) is 5.73 Å². The molecule has 2 N–H and O–H groups in total. The SMILES string of the molecule is CCCCCCCCC(C)N.O=C(C(=O)c1ccccc1)c1ccccc1. The quantitative estimate of drug-likeness (QED) is 0.326. The molecule has 2 aromatic rings. The summed E-state index contributed by atoms with van der Waals surface area (Å²) in [5.74, 6) is -0.932. The van der Waals surface area contributed by atoms with E-state index in [9.17, 15) is 9.59 Å². The van der Waals surface area contributed by atoms with Crippen molar-refractivity contribution in [1.82, 2.24) is 0 Å². The van der Waals surface area contributed by atoms with E-state index >= 15 is 0 Å². The lowest BCUT2D eigenvalue weighted by molar-refractivity contribution is 0.0817. The van der Waals surface area contributed by atoms with Crippen LogP contribution in [0.5, 0.6) is 0 Å². The van der Waals surface area contributed by atoms with Crippen LogP contribution in [0.1, 0.15) is 79.5 Å². The molecule has 0 aromatic heterocycles. The third kappa shape index (κ3) is 9.86. The van der Waals surface area contributed by atoms with Crippen LogP contribution in [0.3, 0.4) is 0 Å². The molecular formula is C24H33NO2. The third-order valence-electron chi connectivity index (χ3n) is 4.29. The van der Waals surface area contributed by atoms with Crippen molar-refractivity contribution in [3.05, 3.63) is 71.8 Å². The summed E-state index contributed by atoms with van der Waals surface area (Å²) in [6.07, 6.45) is 9.45. The Hall–Kier alpha value is -2.26. The molecule has 1 unspecified atom stereocenters. The Bertz CT molecular complexity index is 601. The highest BCUT2D eigenvalue weighted by Gasteiger charge is 2.17. The maximum absolute atomic E-state index is 11.8. The molecule has 27 heavy (non-hydrogen) atoms. The molecule has 1 atom stereocenters. The molecule has 146 valence electrons. The number of hydrogen-bond donors (Lipinski definition) is 1. The minimum atomic E-state index is -0.466. The normalized spacial score (nSPS) is 11.2. The number of rotatable bonds is 10. The Morgan fingerprint density at radius 1 is 0.741 bits per heavy atom. The molecule has 0 spiro atoms. The van der Waals surface area contributed by atoms with E-state index in [0.717, 1.165) is 0 Å². The third-order valence-corrected chi connectivity index (χ3v) is 4.29. The van der Waals surface area contributed by atoms with Gasteiger partial charge in [0.1, 0.15) is 0 Å². The molecule has 0 radical (unpaired) electrons. The van der Waals surface area contributed by atoms with Gasteiger partial charge in [0.15, 0.2) is 0 Å². The molecule has 3 nitrogen and oxygen atoms in total. The first-order valence-electron chi connectivity index (χ1n) is 10.0. The first-order chi connectivity index (χ1) is 13.1. The zero-order valence-electron chi connectivity index (χ0n) is 16.7. The summed E-state index contributed by atoms with van der Waals surface area (Å²) in [7, 11) is 0. The lowest BCUT2D eigenvalue weighted by Gasteiger charge is -2.03. The predicted octanol–water partition coefficient (Wildman–Crippen LogP) is 5.84. The number of Topliss-reactive ketones (excluding diaryl/α,β-unsaturated/α-hetero) is 2. The van der Waals surface area contributed by atoms with E-state index in [1.54, 1.807) is 48.5 Å². The van der Waals surface area contributed by atoms with Gasteiger partial charge in [0.2, 0.25) is 11.6 Å². The summed E-state index contributed by atoms with van der Waals surface area (Å²) < 4.78 is 0. The van der Waals surface area contributed by atoms with Crippen LogP contribution in [0.15, 0.2) is 60.7 Å². The Balaban J connectivity index is 0.000000293. The highest BCUT2D eigenvalue weighted by molar-refractivity contribution is 6.49. The van der Waals surface area contributed by atoms with Crippen molar-refractivity contribution in [3.8, 4) is 0 Å². The maximum atomic E-state index is 11.8. The van der Waals surface area contributed by atoms with Crippen molar-refractivity contribution in [3.63, 3.8) is 0 Å². The minimum absolute atomic E-state index is 0.404. The molecule has 0 fully saturated rings. The van der Waals surface area contributed by atoms with Crippen LogP contribution >= 0.6 is 0 Å². The summed E-state index contributed by atoms with van der Waals surface area (Å²) >= 11 is 0. The lowest BCUT2D eigenvalue weighted by atomic mass is 10.0. The van der Waals surface area contributed by atoms with Crippen molar-refractivity contribution >= 4 is 11.6 Å². The number of carbonyl (C=O) groups excluding carboxylic acids is 2. The van der Waals surface area contributed by atoms with Crippen LogP contribution in [0.4, 0.5) is 0 Å². The van der Waals surface area contributed by atoms with Crippen molar-refractivity contribution in [1.29, 1.82) is 0 Å². The summed E-state index contributed by atoms with van der Waals surface area (Å²) in [5.41, 5.74) is 6.49. The number of unbranched alkanes of at least 4 members (excludes halogenated alkanes) is 5. The number of benzene rings is 2. The summed E-state index contributed by atoms with van der Waals surface area (Å²) in [4.78, 5) is 23.6. The van der Waals surface area contributed by atoms with E-state index in [1.165, 1.54) is 44.9 Å². The number of carbonyl (C=O) groups is 2. The molecule has 2 rings (SSSR count). The maximum Gasteiger partial charge on any atom is 0.233 e. The Morgan fingerprint density at radius 2 is 1.15 bits per heavy atom. The molecule has 2 aromatic carbocycles. The largest absolute Gasteiger partial charge is 0.328 e. The van der Waals surface area contributed by atoms with Crippen LogP contribution in [0.25, 0.3) is 0 Å². The highest BCUT2D eigenvalue weighted by Crippen LogP contribution is 2.08. The Morgan fingerprint density at radius 3 is 1.56 bits per heavy atom. The van der Waals surface area contributed by atoms with E-state index < -0.39 is 11.6 Å². The molecule has 0 heterocycles. The van der Waals surface area contributed by atoms with Gasteiger partial charge in [0.05, 0.1) is 0 Å². The summed E-state index contributed by atoms with van der Waals surface area (Å²) in [6.45, 7) is 4.34. The summed E-state index contributed by atoms with van der Waals surface area (Å²) in [5, 5.41) is 0. The van der Waals surface area contributed by atoms with Gasteiger partial charge in [-0.05, 0) is 13.3 Å². The monoisotopic (exact) mass is 367 g/mol. The van der Waals surface area contributed by atoms with Gasteiger partial charge in [0, 0.05) is 17.2 Å². The average Bonchev–Trinajstić information content (AvgIpc) is 2.71. The van der Waals surface area contributed by atoms with E-state index in [0.29, 0.717) is 17.2 Å². The Labute approximate surface area is 164 Å². The topological polar surface area (TPSA) is 60.2 Å². The van der Waals surface area contributed by atoms with Crippen LogP contribution in [-0.2, 0) is 0 Å². The Kier molecular flexibility index (Phi) is 11.7. The second-order valence-corrected chi connectivity index (χ2v) is 6.92. The fraction of sp³-hybridized carbons (Fsp3) is 0.417. The first kappa shape index (κ1) is 22.8. The first-order valence-corrected chi connectivity index (χ1v) is 10.0. The second kappa shape index (κ2) is 13.9. The van der Waals surface area contributed by atoms with Gasteiger partial charge in [-0.25, -0.2) is 0 Å². The molecule has 0 aliphatic carbocycles. The molecule has 0 aliphatic rings. The fourth-order valence-corrected chi connectivity index (χ4v) is 2.69. The van der Waals surface area contributed by atoms with Gasteiger partial charge in [0.25, 0.3) is 0 Å².